The molecule has 1 N–H and O–H groups in total. The molecule has 0 saturated heterocycles. The summed E-state index contributed by atoms with van der Waals surface area (Å²) in [4.78, 5) is 2.28. The number of rotatable bonds is 7. The third-order valence-corrected chi connectivity index (χ3v) is 4.53. The molecule has 3 aromatic rings. The smallest absolute Gasteiger partial charge is 0.170 e. The third kappa shape index (κ3) is 3.75. The van der Waals surface area contributed by atoms with Crippen LogP contribution in [0.25, 0.3) is 5.69 Å². The number of nitrogens with zero attached hydrogens (tertiary/aromatic N) is 5. The van der Waals surface area contributed by atoms with Crippen molar-refractivity contribution >= 4 is 0 Å². The summed E-state index contributed by atoms with van der Waals surface area (Å²) < 4.78 is 1.77. The minimum Gasteiger partial charge on any atom is -0.387 e. The van der Waals surface area contributed by atoms with Crippen LogP contribution in [-0.4, -0.2) is 42.8 Å². The Kier molecular flexibility index (Phi) is 4.54. The summed E-state index contributed by atoms with van der Waals surface area (Å²) >= 11 is 0. The molecular weight excluding hydrogens is 314 g/mol. The lowest BCUT2D eigenvalue weighted by molar-refractivity contribution is 0.102. The lowest BCUT2D eigenvalue weighted by atomic mass is 10.1. The van der Waals surface area contributed by atoms with Gasteiger partial charge in [0.15, 0.2) is 5.82 Å². The zero-order chi connectivity index (χ0) is 17.1. The average molecular weight is 335 g/mol. The highest BCUT2D eigenvalue weighted by Crippen LogP contribution is 2.30. The fraction of sp³-hybridized carbons (Fsp3) is 0.316. The zero-order valence-corrected chi connectivity index (χ0v) is 13.9. The monoisotopic (exact) mass is 335 g/mol. The van der Waals surface area contributed by atoms with Gasteiger partial charge in [0.25, 0.3) is 0 Å². The Morgan fingerprint density at radius 1 is 1.04 bits per heavy atom. The molecule has 1 aromatic heterocycles. The molecule has 4 rings (SSSR count). The van der Waals surface area contributed by atoms with Gasteiger partial charge in [-0.2, -0.15) is 4.68 Å². The third-order valence-electron chi connectivity index (χ3n) is 4.53. The highest BCUT2D eigenvalue weighted by atomic mass is 16.3. The van der Waals surface area contributed by atoms with Gasteiger partial charge in [0.1, 0.15) is 0 Å². The van der Waals surface area contributed by atoms with Gasteiger partial charge in [-0.05, 0) is 41.0 Å². The first-order valence-electron chi connectivity index (χ1n) is 8.61. The molecule has 0 bridgehead atoms. The summed E-state index contributed by atoms with van der Waals surface area (Å²) in [5.41, 5.74) is 1.89. The zero-order valence-electron chi connectivity index (χ0n) is 13.9. The summed E-state index contributed by atoms with van der Waals surface area (Å²) in [6.07, 6.45) is 1.81. The molecule has 25 heavy (non-hydrogen) atoms. The van der Waals surface area contributed by atoms with Crippen molar-refractivity contribution in [3.05, 3.63) is 72.1 Å². The Balaban J connectivity index is 1.51. The normalized spacial score (nSPS) is 15.4. The summed E-state index contributed by atoms with van der Waals surface area (Å²) in [5, 5.41) is 22.7. The molecule has 0 amide bonds. The number of hydrogen-bond acceptors (Lipinski definition) is 5. The van der Waals surface area contributed by atoms with Crippen LogP contribution in [0.15, 0.2) is 60.7 Å². The topological polar surface area (TPSA) is 67.1 Å². The highest BCUT2D eigenvalue weighted by molar-refractivity contribution is 5.30. The van der Waals surface area contributed by atoms with Crippen LogP contribution < -0.4 is 0 Å². The molecule has 1 saturated carbocycles. The molecule has 1 fully saturated rings. The van der Waals surface area contributed by atoms with E-state index < -0.39 is 6.10 Å². The SMILES string of the molecule is OC(CN(Cc1nnnn1-c1ccccc1)C1CC1)c1ccccc1. The summed E-state index contributed by atoms with van der Waals surface area (Å²) in [7, 11) is 0. The van der Waals surface area contributed by atoms with Gasteiger partial charge < -0.3 is 5.11 Å². The molecule has 1 aliphatic rings. The van der Waals surface area contributed by atoms with Crippen molar-refractivity contribution < 1.29 is 5.11 Å². The predicted octanol–water partition coefficient (Wildman–Crippen LogP) is 2.36. The minimum atomic E-state index is -0.511. The molecule has 6 nitrogen and oxygen atoms in total. The second kappa shape index (κ2) is 7.13. The minimum absolute atomic E-state index is 0.499. The van der Waals surface area contributed by atoms with Crippen molar-refractivity contribution in [1.82, 2.24) is 25.1 Å². The van der Waals surface area contributed by atoms with Gasteiger partial charge in [0, 0.05) is 12.6 Å². The van der Waals surface area contributed by atoms with Crippen molar-refractivity contribution in [2.45, 2.75) is 31.5 Å². The second-order valence-electron chi connectivity index (χ2n) is 6.43. The van der Waals surface area contributed by atoms with E-state index >= 15 is 0 Å². The summed E-state index contributed by atoms with van der Waals surface area (Å²) in [6.45, 7) is 1.20. The number of benzene rings is 2. The Morgan fingerprint density at radius 2 is 1.72 bits per heavy atom. The van der Waals surface area contributed by atoms with Crippen LogP contribution in [-0.2, 0) is 6.54 Å². The Bertz CT molecular complexity index is 801. The molecule has 0 radical (unpaired) electrons. The first kappa shape index (κ1) is 15.9. The predicted molar refractivity (Wildman–Crippen MR) is 94.0 cm³/mol. The summed E-state index contributed by atoms with van der Waals surface area (Å²) in [5.74, 6) is 0.790. The number of aliphatic hydroxyl groups is 1. The highest BCUT2D eigenvalue weighted by Gasteiger charge is 2.31. The van der Waals surface area contributed by atoms with E-state index in [2.05, 4.69) is 20.4 Å². The van der Waals surface area contributed by atoms with Crippen LogP contribution in [0.2, 0.25) is 0 Å². The van der Waals surface area contributed by atoms with E-state index in [4.69, 9.17) is 0 Å². The average Bonchev–Trinajstić information content (AvgIpc) is 3.41. The number of aliphatic hydroxyl groups excluding tert-OH is 1. The van der Waals surface area contributed by atoms with Gasteiger partial charge in [-0.1, -0.05) is 48.5 Å². The van der Waals surface area contributed by atoms with Crippen molar-refractivity contribution in [2.75, 3.05) is 6.54 Å². The maximum Gasteiger partial charge on any atom is 0.170 e. The molecule has 128 valence electrons. The van der Waals surface area contributed by atoms with Gasteiger partial charge in [-0.3, -0.25) is 4.90 Å². The second-order valence-corrected chi connectivity index (χ2v) is 6.43. The molecular formula is C19H21N5O. The van der Waals surface area contributed by atoms with Crippen LogP contribution in [0.1, 0.15) is 30.3 Å². The fourth-order valence-electron chi connectivity index (χ4n) is 3.04. The lowest BCUT2D eigenvalue weighted by Gasteiger charge is -2.24. The maximum absolute atomic E-state index is 10.6. The Morgan fingerprint density at radius 3 is 2.40 bits per heavy atom. The van der Waals surface area contributed by atoms with Crippen molar-refractivity contribution in [3.8, 4) is 5.69 Å². The molecule has 2 aromatic carbocycles. The van der Waals surface area contributed by atoms with Gasteiger partial charge in [-0.25, -0.2) is 0 Å². The molecule has 1 atom stereocenters. The van der Waals surface area contributed by atoms with Crippen molar-refractivity contribution in [2.24, 2.45) is 0 Å². The molecule has 1 aliphatic carbocycles. The largest absolute Gasteiger partial charge is 0.387 e. The van der Waals surface area contributed by atoms with Crippen LogP contribution in [0.4, 0.5) is 0 Å². The van der Waals surface area contributed by atoms with Crippen LogP contribution in [0.5, 0.6) is 0 Å². The van der Waals surface area contributed by atoms with E-state index in [1.807, 2.05) is 60.7 Å². The molecule has 1 heterocycles. The molecule has 6 heteroatoms. The van der Waals surface area contributed by atoms with Gasteiger partial charge in [0.2, 0.25) is 0 Å². The summed E-state index contributed by atoms with van der Waals surface area (Å²) in [6, 6.07) is 20.2. The number of tetrazole rings is 1. The molecule has 1 unspecified atom stereocenters. The molecule has 0 spiro atoms. The van der Waals surface area contributed by atoms with E-state index in [-0.39, 0.29) is 0 Å². The standard InChI is InChI=1S/C19H21N5O/c25-18(15-7-3-1-4-8-15)13-23(16-11-12-16)14-19-20-21-22-24(19)17-9-5-2-6-10-17/h1-10,16,18,25H,11-14H2. The first-order chi connectivity index (χ1) is 12.3. The van der Waals surface area contributed by atoms with Crippen molar-refractivity contribution in [1.29, 1.82) is 0 Å². The number of para-hydroxylation sites is 1. The van der Waals surface area contributed by atoms with Crippen LogP contribution in [0, 0.1) is 0 Å². The van der Waals surface area contributed by atoms with E-state index in [1.54, 1.807) is 4.68 Å². The van der Waals surface area contributed by atoms with Gasteiger partial charge in [-0.15, -0.1) is 5.10 Å². The first-order valence-corrected chi connectivity index (χ1v) is 8.61. The number of hydrogen-bond donors (Lipinski definition) is 1. The van der Waals surface area contributed by atoms with Gasteiger partial charge in [0.05, 0.1) is 18.3 Å². The van der Waals surface area contributed by atoms with Crippen LogP contribution >= 0.6 is 0 Å². The van der Waals surface area contributed by atoms with E-state index in [9.17, 15) is 5.11 Å². The quantitative estimate of drug-likeness (QED) is 0.718. The van der Waals surface area contributed by atoms with Crippen molar-refractivity contribution in [3.63, 3.8) is 0 Å². The fourth-order valence-corrected chi connectivity index (χ4v) is 3.04. The maximum atomic E-state index is 10.6. The molecule has 0 aliphatic heterocycles. The Labute approximate surface area is 146 Å². The van der Waals surface area contributed by atoms with E-state index in [1.165, 1.54) is 0 Å². The van der Waals surface area contributed by atoms with Crippen LogP contribution in [0.3, 0.4) is 0 Å². The number of aromatic nitrogens is 4. The lowest BCUT2D eigenvalue weighted by Crippen LogP contribution is -2.31. The Hall–Kier alpha value is -2.57. The van der Waals surface area contributed by atoms with E-state index in [0.717, 1.165) is 29.9 Å². The van der Waals surface area contributed by atoms with E-state index in [0.29, 0.717) is 19.1 Å². The van der Waals surface area contributed by atoms with Gasteiger partial charge >= 0.3 is 0 Å².